The van der Waals surface area contributed by atoms with Crippen LogP contribution in [0.25, 0.3) is 0 Å². The lowest BCUT2D eigenvalue weighted by atomic mass is 10.2. The fourth-order valence-electron chi connectivity index (χ4n) is 1.87. The van der Waals surface area contributed by atoms with Gasteiger partial charge in [-0.25, -0.2) is 0 Å². The van der Waals surface area contributed by atoms with Gasteiger partial charge in [0.05, 0.1) is 31.4 Å². The van der Waals surface area contributed by atoms with Crippen molar-refractivity contribution in [1.82, 2.24) is 10.6 Å². The fourth-order valence-corrected chi connectivity index (χ4v) is 1.87. The Morgan fingerprint density at radius 3 is 3.24 bits per heavy atom. The van der Waals surface area contributed by atoms with Crippen molar-refractivity contribution in [2.75, 3.05) is 19.7 Å². The Balaban J connectivity index is 1.76. The Bertz CT molecular complexity index is 345. The third-order valence-corrected chi connectivity index (χ3v) is 2.76. The van der Waals surface area contributed by atoms with Gasteiger partial charge in [-0.2, -0.15) is 0 Å². The first-order valence-electron chi connectivity index (χ1n) is 5.91. The number of rotatable bonds is 4. The molecule has 1 aliphatic heterocycles. The van der Waals surface area contributed by atoms with Gasteiger partial charge in [0.25, 0.3) is 0 Å². The van der Waals surface area contributed by atoms with E-state index in [1.807, 2.05) is 19.1 Å². The van der Waals surface area contributed by atoms with Crippen molar-refractivity contribution in [1.29, 1.82) is 0 Å². The Labute approximate surface area is 101 Å². The van der Waals surface area contributed by atoms with Crippen LogP contribution in [0.2, 0.25) is 0 Å². The van der Waals surface area contributed by atoms with E-state index in [0.717, 1.165) is 18.8 Å². The van der Waals surface area contributed by atoms with Crippen molar-refractivity contribution < 1.29 is 13.9 Å². The third-order valence-electron chi connectivity index (χ3n) is 2.76. The monoisotopic (exact) mass is 238 g/mol. The minimum atomic E-state index is -0.103. The lowest BCUT2D eigenvalue weighted by Gasteiger charge is -2.23. The van der Waals surface area contributed by atoms with Gasteiger partial charge in [-0.1, -0.05) is 0 Å². The van der Waals surface area contributed by atoms with E-state index >= 15 is 0 Å². The lowest BCUT2D eigenvalue weighted by Crippen LogP contribution is -2.41. The smallest absolute Gasteiger partial charge is 0.223 e. The number of carbonyl (C=O) groups is 1. The standard InChI is InChI=1S/C12H18N2O3/c1-9(11-3-2-5-17-11)14-12(15)7-10-8-13-4-6-16-10/h2-3,5,9-10,13H,4,6-8H2,1H3,(H,14,15)/t9-,10?/m0/s1. The van der Waals surface area contributed by atoms with E-state index in [4.69, 9.17) is 9.15 Å². The number of carbonyl (C=O) groups excluding carboxylic acids is 1. The van der Waals surface area contributed by atoms with Gasteiger partial charge in [-0.05, 0) is 19.1 Å². The highest BCUT2D eigenvalue weighted by Crippen LogP contribution is 2.12. The van der Waals surface area contributed by atoms with Gasteiger partial charge < -0.3 is 19.8 Å². The minimum Gasteiger partial charge on any atom is -0.467 e. The third kappa shape index (κ3) is 3.57. The van der Waals surface area contributed by atoms with Crippen LogP contribution in [-0.4, -0.2) is 31.7 Å². The van der Waals surface area contributed by atoms with Crippen LogP contribution in [0, 0.1) is 0 Å². The maximum absolute atomic E-state index is 11.8. The molecule has 2 atom stereocenters. The highest BCUT2D eigenvalue weighted by atomic mass is 16.5. The van der Waals surface area contributed by atoms with Crippen LogP contribution >= 0.6 is 0 Å². The molecule has 0 aromatic carbocycles. The maximum Gasteiger partial charge on any atom is 0.223 e. The van der Waals surface area contributed by atoms with Crippen LogP contribution in [-0.2, 0) is 9.53 Å². The Kier molecular flexibility index (Phi) is 4.17. The number of furan rings is 1. The van der Waals surface area contributed by atoms with Gasteiger partial charge >= 0.3 is 0 Å². The Morgan fingerprint density at radius 1 is 1.71 bits per heavy atom. The molecule has 1 aromatic rings. The summed E-state index contributed by atoms with van der Waals surface area (Å²) in [6.45, 7) is 4.17. The molecule has 5 nitrogen and oxygen atoms in total. The lowest BCUT2D eigenvalue weighted by molar-refractivity contribution is -0.125. The van der Waals surface area contributed by atoms with Gasteiger partial charge in [0.15, 0.2) is 0 Å². The first-order chi connectivity index (χ1) is 8.25. The van der Waals surface area contributed by atoms with E-state index in [1.54, 1.807) is 6.26 Å². The first-order valence-corrected chi connectivity index (χ1v) is 5.91. The first kappa shape index (κ1) is 12.1. The average Bonchev–Trinajstić information content (AvgIpc) is 2.83. The van der Waals surface area contributed by atoms with E-state index < -0.39 is 0 Å². The van der Waals surface area contributed by atoms with E-state index in [1.165, 1.54) is 0 Å². The Morgan fingerprint density at radius 2 is 2.59 bits per heavy atom. The summed E-state index contributed by atoms with van der Waals surface area (Å²) in [4.78, 5) is 11.8. The summed E-state index contributed by atoms with van der Waals surface area (Å²) in [6.07, 6.45) is 1.97. The molecule has 0 aliphatic carbocycles. The normalized spacial score (nSPS) is 22.1. The van der Waals surface area contributed by atoms with Gasteiger partial charge in [0, 0.05) is 13.1 Å². The van der Waals surface area contributed by atoms with Crippen LogP contribution in [0.3, 0.4) is 0 Å². The molecule has 1 aromatic heterocycles. The van der Waals surface area contributed by atoms with Crippen LogP contribution in [0.5, 0.6) is 0 Å². The number of amides is 1. The van der Waals surface area contributed by atoms with Crippen LogP contribution in [0.4, 0.5) is 0 Å². The fraction of sp³-hybridized carbons (Fsp3) is 0.583. The Hall–Kier alpha value is -1.33. The largest absolute Gasteiger partial charge is 0.467 e. The maximum atomic E-state index is 11.8. The molecule has 0 spiro atoms. The molecule has 94 valence electrons. The van der Waals surface area contributed by atoms with Crippen LogP contribution in [0.15, 0.2) is 22.8 Å². The number of hydrogen-bond acceptors (Lipinski definition) is 4. The van der Waals surface area contributed by atoms with E-state index in [2.05, 4.69) is 10.6 Å². The summed E-state index contributed by atoms with van der Waals surface area (Å²) in [6, 6.07) is 3.56. The summed E-state index contributed by atoms with van der Waals surface area (Å²) in [7, 11) is 0. The molecular formula is C12H18N2O3. The molecule has 2 N–H and O–H groups in total. The second-order valence-electron chi connectivity index (χ2n) is 4.21. The second-order valence-corrected chi connectivity index (χ2v) is 4.21. The molecule has 1 amide bonds. The molecule has 1 aliphatic rings. The molecule has 5 heteroatoms. The molecule has 1 saturated heterocycles. The zero-order chi connectivity index (χ0) is 12.1. The summed E-state index contributed by atoms with van der Waals surface area (Å²) < 4.78 is 10.7. The van der Waals surface area contributed by atoms with E-state index in [9.17, 15) is 4.79 Å². The van der Waals surface area contributed by atoms with Gasteiger partial charge in [-0.15, -0.1) is 0 Å². The highest BCUT2D eigenvalue weighted by Gasteiger charge is 2.19. The summed E-state index contributed by atoms with van der Waals surface area (Å²) >= 11 is 0. The molecular weight excluding hydrogens is 220 g/mol. The molecule has 0 saturated carbocycles. The highest BCUT2D eigenvalue weighted by molar-refractivity contribution is 5.76. The van der Waals surface area contributed by atoms with E-state index in [0.29, 0.717) is 13.0 Å². The zero-order valence-electron chi connectivity index (χ0n) is 9.94. The predicted octanol–water partition coefficient (Wildman–Crippen LogP) is 0.835. The minimum absolute atomic E-state index is 0.0115. The van der Waals surface area contributed by atoms with Crippen molar-refractivity contribution >= 4 is 5.91 Å². The predicted molar refractivity (Wildman–Crippen MR) is 62.5 cm³/mol. The SMILES string of the molecule is C[C@H](NC(=O)CC1CNCCO1)c1ccco1. The van der Waals surface area contributed by atoms with Gasteiger partial charge in [0.2, 0.25) is 5.91 Å². The summed E-state index contributed by atoms with van der Waals surface area (Å²) in [5, 5.41) is 6.09. The van der Waals surface area contributed by atoms with Crippen molar-refractivity contribution in [2.24, 2.45) is 0 Å². The number of morpholine rings is 1. The number of hydrogen-bond donors (Lipinski definition) is 2. The van der Waals surface area contributed by atoms with Crippen molar-refractivity contribution in [3.63, 3.8) is 0 Å². The summed E-state index contributed by atoms with van der Waals surface area (Å²) in [5.74, 6) is 0.753. The average molecular weight is 238 g/mol. The van der Waals surface area contributed by atoms with Crippen LogP contribution < -0.4 is 10.6 Å². The van der Waals surface area contributed by atoms with Crippen molar-refractivity contribution in [2.45, 2.75) is 25.5 Å². The molecule has 1 unspecified atom stereocenters. The molecule has 2 rings (SSSR count). The quantitative estimate of drug-likeness (QED) is 0.815. The second kappa shape index (κ2) is 5.84. The van der Waals surface area contributed by atoms with E-state index in [-0.39, 0.29) is 18.1 Å². The number of nitrogens with one attached hydrogen (secondary N) is 2. The zero-order valence-corrected chi connectivity index (χ0v) is 9.94. The molecule has 2 heterocycles. The number of ether oxygens (including phenoxy) is 1. The molecule has 0 bridgehead atoms. The molecule has 17 heavy (non-hydrogen) atoms. The molecule has 0 radical (unpaired) electrons. The summed E-state index contributed by atoms with van der Waals surface area (Å²) in [5.41, 5.74) is 0. The van der Waals surface area contributed by atoms with Crippen molar-refractivity contribution in [3.8, 4) is 0 Å². The topological polar surface area (TPSA) is 63.5 Å². The van der Waals surface area contributed by atoms with Crippen LogP contribution in [0.1, 0.15) is 25.1 Å². The van der Waals surface area contributed by atoms with Gasteiger partial charge in [0.1, 0.15) is 5.76 Å². The van der Waals surface area contributed by atoms with Gasteiger partial charge in [-0.3, -0.25) is 4.79 Å². The molecule has 1 fully saturated rings. The van der Waals surface area contributed by atoms with Crippen molar-refractivity contribution in [3.05, 3.63) is 24.2 Å².